The maximum absolute atomic E-state index is 6.78. The van der Waals surface area contributed by atoms with Crippen LogP contribution in [0.1, 0.15) is 78.3 Å². The average Bonchev–Trinajstić information content (AvgIpc) is 3.29. The van der Waals surface area contributed by atoms with Crippen LogP contribution >= 0.6 is 11.6 Å². The third-order valence-electron chi connectivity index (χ3n) is 9.39. The summed E-state index contributed by atoms with van der Waals surface area (Å²) in [5.41, 5.74) is 3.81. The minimum absolute atomic E-state index is 0.432. The largest absolute Gasteiger partial charge is 0.494 e. The van der Waals surface area contributed by atoms with Gasteiger partial charge in [0.2, 0.25) is 6.23 Å². The standard InChI is InChI=1S/C33H38B2ClNO5/c1-30(2)31(3,4)40-34(39-30)23-15-17-26(36)22(18-23)19-27-25-16-14-24(35-41-32(5,6)33(7,8)42-35)20-28(25)38-29(37-27)21-12-10-9-11-13-21/h9-18,20,29H,19H2,1-8H3. The van der Waals surface area contributed by atoms with Crippen LogP contribution < -0.4 is 15.7 Å². The van der Waals surface area contributed by atoms with Crippen molar-refractivity contribution in [2.75, 3.05) is 0 Å². The Kier molecular flexibility index (Phi) is 7.18. The first kappa shape index (κ1) is 29.5. The van der Waals surface area contributed by atoms with E-state index in [0.29, 0.717) is 11.4 Å². The second kappa shape index (κ2) is 10.2. The molecule has 2 saturated heterocycles. The molecule has 3 aromatic carbocycles. The molecule has 0 amide bonds. The molecule has 3 aromatic rings. The molecule has 9 heteroatoms. The Bertz CT molecular complexity index is 1510. The predicted molar refractivity (Wildman–Crippen MR) is 169 cm³/mol. The fraction of sp³-hybridized carbons (Fsp3) is 0.424. The first-order valence-electron chi connectivity index (χ1n) is 14.6. The van der Waals surface area contributed by atoms with Crippen LogP contribution in [-0.2, 0) is 25.0 Å². The van der Waals surface area contributed by atoms with Gasteiger partial charge in [-0.25, -0.2) is 4.99 Å². The highest BCUT2D eigenvalue weighted by Crippen LogP contribution is 2.39. The van der Waals surface area contributed by atoms with E-state index in [0.717, 1.165) is 39.1 Å². The van der Waals surface area contributed by atoms with E-state index in [4.69, 9.17) is 39.9 Å². The van der Waals surface area contributed by atoms with Crippen molar-refractivity contribution in [3.8, 4) is 5.75 Å². The number of fused-ring (bicyclic) bond motifs is 1. The molecule has 218 valence electrons. The number of benzene rings is 3. The summed E-state index contributed by atoms with van der Waals surface area (Å²) in [6.45, 7) is 16.4. The number of ether oxygens (including phenoxy) is 1. The van der Waals surface area contributed by atoms with Crippen LogP contribution in [0.3, 0.4) is 0 Å². The molecule has 0 spiro atoms. The third kappa shape index (κ3) is 5.22. The lowest BCUT2D eigenvalue weighted by Crippen LogP contribution is -2.41. The molecule has 0 aliphatic carbocycles. The molecule has 6 nitrogen and oxygen atoms in total. The van der Waals surface area contributed by atoms with Gasteiger partial charge in [0.25, 0.3) is 0 Å². The second-order valence-corrected chi connectivity index (χ2v) is 13.8. The van der Waals surface area contributed by atoms with Gasteiger partial charge < -0.3 is 23.4 Å². The summed E-state index contributed by atoms with van der Waals surface area (Å²) in [4.78, 5) is 5.09. The molecule has 0 bridgehead atoms. The van der Waals surface area contributed by atoms with E-state index >= 15 is 0 Å². The Hall–Kier alpha value is -2.61. The third-order valence-corrected chi connectivity index (χ3v) is 9.76. The minimum atomic E-state index is -0.493. The van der Waals surface area contributed by atoms with E-state index in [-0.39, 0.29) is 0 Å². The Labute approximate surface area is 255 Å². The van der Waals surface area contributed by atoms with Crippen molar-refractivity contribution in [3.63, 3.8) is 0 Å². The summed E-state index contributed by atoms with van der Waals surface area (Å²) in [6.07, 6.45) is 0.0223. The predicted octanol–water partition coefficient (Wildman–Crippen LogP) is 6.06. The lowest BCUT2D eigenvalue weighted by molar-refractivity contribution is 0.00578. The highest BCUT2D eigenvalue weighted by molar-refractivity contribution is 6.62. The monoisotopic (exact) mass is 585 g/mol. The lowest BCUT2D eigenvalue weighted by atomic mass is 9.77. The first-order chi connectivity index (χ1) is 19.7. The van der Waals surface area contributed by atoms with Crippen molar-refractivity contribution in [2.24, 2.45) is 4.99 Å². The molecule has 0 N–H and O–H groups in total. The van der Waals surface area contributed by atoms with Gasteiger partial charge in [0, 0.05) is 22.6 Å². The molecule has 6 rings (SSSR count). The molecule has 0 radical (unpaired) electrons. The van der Waals surface area contributed by atoms with Crippen molar-refractivity contribution in [3.05, 3.63) is 88.4 Å². The zero-order chi connectivity index (χ0) is 30.1. The highest BCUT2D eigenvalue weighted by atomic mass is 35.5. The van der Waals surface area contributed by atoms with Gasteiger partial charge >= 0.3 is 14.2 Å². The first-order valence-corrected chi connectivity index (χ1v) is 15.0. The lowest BCUT2D eigenvalue weighted by Gasteiger charge is -2.32. The van der Waals surface area contributed by atoms with E-state index in [1.807, 2.05) is 60.7 Å². The van der Waals surface area contributed by atoms with Crippen LogP contribution in [0.15, 0.2) is 71.7 Å². The van der Waals surface area contributed by atoms with Gasteiger partial charge in [-0.1, -0.05) is 60.1 Å². The van der Waals surface area contributed by atoms with Crippen LogP contribution in [0.4, 0.5) is 0 Å². The highest BCUT2D eigenvalue weighted by Gasteiger charge is 2.53. The van der Waals surface area contributed by atoms with Gasteiger partial charge in [0.15, 0.2) is 0 Å². The van der Waals surface area contributed by atoms with Crippen LogP contribution in [0, 0.1) is 0 Å². The summed E-state index contributed by atoms with van der Waals surface area (Å²) in [6, 6.07) is 22.1. The van der Waals surface area contributed by atoms with E-state index in [2.05, 4.69) is 61.5 Å². The van der Waals surface area contributed by atoms with Crippen LogP contribution in [0.25, 0.3) is 0 Å². The summed E-state index contributed by atoms with van der Waals surface area (Å²) < 4.78 is 31.8. The van der Waals surface area contributed by atoms with Crippen LogP contribution in [-0.4, -0.2) is 42.4 Å². The maximum Gasteiger partial charge on any atom is 0.494 e. The Morgan fingerprint density at radius 2 is 1.21 bits per heavy atom. The molecule has 0 saturated carbocycles. The molecule has 2 fully saturated rings. The number of halogens is 1. The fourth-order valence-corrected chi connectivity index (χ4v) is 5.48. The average molecular weight is 586 g/mol. The van der Waals surface area contributed by atoms with Gasteiger partial charge in [0.1, 0.15) is 5.75 Å². The quantitative estimate of drug-likeness (QED) is 0.341. The molecule has 42 heavy (non-hydrogen) atoms. The van der Waals surface area contributed by atoms with Crippen molar-refractivity contribution in [1.29, 1.82) is 0 Å². The molecule has 3 aliphatic heterocycles. The Morgan fingerprint density at radius 1 is 0.690 bits per heavy atom. The SMILES string of the molecule is CC1(C)OB(c2ccc(Cl)c(CC3=NC(c4ccccc4)Oc4cc(B5OC(C)(C)C(C)(C)O5)ccc43)c2)OC1(C)C. The minimum Gasteiger partial charge on any atom is -0.464 e. The molecule has 1 atom stereocenters. The molecule has 3 heterocycles. The molecular weight excluding hydrogens is 547 g/mol. The van der Waals surface area contributed by atoms with Crippen molar-refractivity contribution < 1.29 is 23.4 Å². The summed E-state index contributed by atoms with van der Waals surface area (Å²) in [5, 5.41) is 0.663. The number of nitrogens with zero attached hydrogens (tertiary/aromatic N) is 1. The Morgan fingerprint density at radius 3 is 1.79 bits per heavy atom. The zero-order valence-electron chi connectivity index (χ0n) is 25.7. The number of rotatable bonds is 5. The van der Waals surface area contributed by atoms with E-state index in [1.54, 1.807) is 0 Å². The summed E-state index contributed by atoms with van der Waals surface area (Å²) in [5.74, 6) is 0.735. The maximum atomic E-state index is 6.78. The number of hydrogen-bond donors (Lipinski definition) is 0. The normalized spacial score (nSPS) is 23.4. The van der Waals surface area contributed by atoms with Gasteiger partial charge in [-0.2, -0.15) is 0 Å². The second-order valence-electron chi connectivity index (χ2n) is 13.4. The van der Waals surface area contributed by atoms with Gasteiger partial charge in [-0.15, -0.1) is 0 Å². The Balaban J connectivity index is 1.35. The van der Waals surface area contributed by atoms with Crippen LogP contribution in [0.2, 0.25) is 5.02 Å². The van der Waals surface area contributed by atoms with Crippen LogP contribution in [0.5, 0.6) is 5.75 Å². The molecular formula is C33H38B2ClNO5. The summed E-state index contributed by atoms with van der Waals surface area (Å²) in [7, 11) is -0.970. The zero-order valence-corrected chi connectivity index (χ0v) is 26.4. The number of hydrogen-bond acceptors (Lipinski definition) is 6. The van der Waals surface area contributed by atoms with Gasteiger partial charge in [-0.05, 0) is 90.1 Å². The molecule has 3 aliphatic rings. The van der Waals surface area contributed by atoms with E-state index in [1.165, 1.54) is 0 Å². The fourth-order valence-electron chi connectivity index (χ4n) is 5.30. The molecule has 1 unspecified atom stereocenters. The topological polar surface area (TPSA) is 58.5 Å². The van der Waals surface area contributed by atoms with Crippen molar-refractivity contribution in [2.45, 2.75) is 90.4 Å². The van der Waals surface area contributed by atoms with Crippen molar-refractivity contribution >= 4 is 42.5 Å². The van der Waals surface area contributed by atoms with Gasteiger partial charge in [-0.3, -0.25) is 0 Å². The van der Waals surface area contributed by atoms with Crippen molar-refractivity contribution in [1.82, 2.24) is 0 Å². The molecule has 0 aromatic heterocycles. The van der Waals surface area contributed by atoms with Gasteiger partial charge in [0.05, 0.1) is 28.1 Å². The van der Waals surface area contributed by atoms with E-state index < -0.39 is 42.9 Å². The number of aliphatic imine (C=N–C) groups is 1. The van der Waals surface area contributed by atoms with E-state index in [9.17, 15) is 0 Å². The smallest absolute Gasteiger partial charge is 0.464 e. The summed E-state index contributed by atoms with van der Waals surface area (Å²) >= 11 is 6.78.